The Morgan fingerprint density at radius 1 is 1.58 bits per heavy atom. The molecule has 1 unspecified atom stereocenters. The second-order valence-corrected chi connectivity index (χ2v) is 2.25. The van der Waals surface area contributed by atoms with Gasteiger partial charge in [-0.2, -0.15) is 0 Å². The summed E-state index contributed by atoms with van der Waals surface area (Å²) in [6.07, 6.45) is 0. The highest BCUT2D eigenvalue weighted by molar-refractivity contribution is 5.82. The van der Waals surface area contributed by atoms with Gasteiger partial charge in [-0.3, -0.25) is 4.79 Å². The molecule has 0 aliphatic heterocycles. The van der Waals surface area contributed by atoms with E-state index in [1.807, 2.05) is 0 Å². The Kier molecular flexibility index (Phi) is 4.78. The summed E-state index contributed by atoms with van der Waals surface area (Å²) in [6.45, 7) is 2.04. The molecule has 0 aliphatic carbocycles. The average molecular weight is 175 g/mol. The van der Waals surface area contributed by atoms with Gasteiger partial charge >= 0.3 is 12.0 Å². The Labute approximate surface area is 70.1 Å². The molecule has 0 aromatic heterocycles. The zero-order valence-electron chi connectivity index (χ0n) is 6.83. The van der Waals surface area contributed by atoms with E-state index in [0.29, 0.717) is 13.1 Å². The van der Waals surface area contributed by atoms with Crippen molar-refractivity contribution in [3.63, 3.8) is 0 Å². The number of carbonyl (C=O) groups is 2. The minimum atomic E-state index is -1.07. The maximum Gasteiger partial charge on any atom is 0.325 e. The molecule has 6 heteroatoms. The topological polar surface area (TPSA) is 104 Å². The highest BCUT2D eigenvalue weighted by Gasteiger charge is 2.12. The van der Waals surface area contributed by atoms with Gasteiger partial charge in [0.05, 0.1) is 0 Å². The van der Waals surface area contributed by atoms with Crippen molar-refractivity contribution in [2.75, 3.05) is 13.1 Å². The number of rotatable bonds is 4. The zero-order valence-corrected chi connectivity index (χ0v) is 6.83. The Morgan fingerprint density at radius 2 is 2.17 bits per heavy atom. The summed E-state index contributed by atoms with van der Waals surface area (Å²) in [6, 6.07) is -1.40. The molecule has 0 radical (unpaired) electrons. The lowest BCUT2D eigenvalue weighted by Gasteiger charge is -2.09. The predicted octanol–water partition coefficient (Wildman–Crippen LogP) is -1.28. The number of carboxylic acid groups (broad SMARTS) is 1. The minimum absolute atomic E-state index is 0.328. The second kappa shape index (κ2) is 5.36. The Morgan fingerprint density at radius 3 is 2.58 bits per heavy atom. The van der Waals surface area contributed by atoms with Crippen LogP contribution in [0.25, 0.3) is 0 Å². The summed E-state index contributed by atoms with van der Waals surface area (Å²) < 4.78 is 0. The molecule has 0 saturated carbocycles. The van der Waals surface area contributed by atoms with Gasteiger partial charge in [-0.05, 0) is 6.92 Å². The van der Waals surface area contributed by atoms with Gasteiger partial charge in [0.2, 0.25) is 0 Å². The molecule has 12 heavy (non-hydrogen) atoms. The summed E-state index contributed by atoms with van der Waals surface area (Å²) in [7, 11) is 0. The number of amides is 2. The van der Waals surface area contributed by atoms with Gasteiger partial charge in [0.15, 0.2) is 0 Å². The van der Waals surface area contributed by atoms with E-state index in [-0.39, 0.29) is 0 Å². The van der Waals surface area contributed by atoms with E-state index >= 15 is 0 Å². The minimum Gasteiger partial charge on any atom is -0.480 e. The van der Waals surface area contributed by atoms with Crippen LogP contribution in [0.3, 0.4) is 0 Å². The molecule has 0 bridgehead atoms. The monoisotopic (exact) mass is 175 g/mol. The van der Waals surface area contributed by atoms with E-state index in [2.05, 4.69) is 10.6 Å². The number of hydrogen-bond donors (Lipinski definition) is 4. The fraction of sp³-hybridized carbons (Fsp3) is 0.667. The average Bonchev–Trinajstić information content (AvgIpc) is 2.00. The molecule has 0 aliphatic rings. The Bertz CT molecular complexity index is 171. The molecule has 0 aromatic carbocycles. The molecular formula is C6H13N3O3. The summed E-state index contributed by atoms with van der Waals surface area (Å²) >= 11 is 0. The van der Waals surface area contributed by atoms with Crippen LogP contribution in [0.1, 0.15) is 6.92 Å². The molecule has 70 valence electrons. The molecular weight excluding hydrogens is 162 g/mol. The van der Waals surface area contributed by atoms with Crippen LogP contribution in [0.4, 0.5) is 4.79 Å². The lowest BCUT2D eigenvalue weighted by Crippen LogP contribution is -2.45. The molecule has 0 fully saturated rings. The number of hydrogen-bond acceptors (Lipinski definition) is 3. The van der Waals surface area contributed by atoms with Crippen LogP contribution in [-0.4, -0.2) is 36.2 Å². The van der Waals surface area contributed by atoms with Gasteiger partial charge in [-0.1, -0.05) is 0 Å². The highest BCUT2D eigenvalue weighted by Crippen LogP contribution is 1.79. The zero-order chi connectivity index (χ0) is 9.56. The van der Waals surface area contributed by atoms with Crippen molar-refractivity contribution in [3.05, 3.63) is 0 Å². The van der Waals surface area contributed by atoms with Crippen LogP contribution in [0.15, 0.2) is 0 Å². The quantitative estimate of drug-likeness (QED) is 0.427. The van der Waals surface area contributed by atoms with Crippen molar-refractivity contribution in [1.29, 1.82) is 0 Å². The molecule has 6 nitrogen and oxygen atoms in total. The normalized spacial score (nSPS) is 11.8. The van der Waals surface area contributed by atoms with Crippen LogP contribution in [0.2, 0.25) is 0 Å². The fourth-order valence-corrected chi connectivity index (χ4v) is 0.495. The first-order chi connectivity index (χ1) is 5.57. The van der Waals surface area contributed by atoms with Crippen LogP contribution < -0.4 is 16.4 Å². The van der Waals surface area contributed by atoms with E-state index in [1.54, 1.807) is 0 Å². The van der Waals surface area contributed by atoms with Crippen molar-refractivity contribution in [1.82, 2.24) is 10.6 Å². The molecule has 0 aromatic rings. The first-order valence-corrected chi connectivity index (χ1v) is 3.55. The molecule has 0 saturated heterocycles. The number of carbonyl (C=O) groups excluding carboxylic acids is 1. The lowest BCUT2D eigenvalue weighted by atomic mass is 10.3. The highest BCUT2D eigenvalue weighted by atomic mass is 16.4. The molecule has 1 atom stereocenters. The van der Waals surface area contributed by atoms with E-state index in [4.69, 9.17) is 10.8 Å². The van der Waals surface area contributed by atoms with Gasteiger partial charge in [0, 0.05) is 13.1 Å². The fourth-order valence-electron chi connectivity index (χ4n) is 0.495. The van der Waals surface area contributed by atoms with Crippen LogP contribution in [0, 0.1) is 0 Å². The smallest absolute Gasteiger partial charge is 0.325 e. The Balaban J connectivity index is 3.61. The molecule has 5 N–H and O–H groups in total. The van der Waals surface area contributed by atoms with E-state index in [0.717, 1.165) is 0 Å². The van der Waals surface area contributed by atoms with E-state index in [1.165, 1.54) is 6.92 Å². The molecule has 0 rings (SSSR count). The maximum absolute atomic E-state index is 10.8. The number of nitrogens with two attached hydrogens (primary N) is 1. The van der Waals surface area contributed by atoms with Gasteiger partial charge in [0.25, 0.3) is 0 Å². The van der Waals surface area contributed by atoms with Crippen molar-refractivity contribution < 1.29 is 14.7 Å². The lowest BCUT2D eigenvalue weighted by molar-refractivity contribution is -0.138. The van der Waals surface area contributed by atoms with Crippen molar-refractivity contribution in [2.24, 2.45) is 5.73 Å². The first kappa shape index (κ1) is 10.7. The Hall–Kier alpha value is -1.30. The maximum atomic E-state index is 10.8. The molecule has 2 amide bonds. The standard InChI is InChI=1S/C6H13N3O3/c1-4(5(10)11)9-6(12)8-3-2-7/h4H,2-3,7H2,1H3,(H,10,11)(H2,8,9,12). The summed E-state index contributed by atoms with van der Waals surface area (Å²) in [4.78, 5) is 21.0. The van der Waals surface area contributed by atoms with Gasteiger partial charge in [0.1, 0.15) is 6.04 Å². The van der Waals surface area contributed by atoms with Gasteiger partial charge in [-0.15, -0.1) is 0 Å². The van der Waals surface area contributed by atoms with Crippen molar-refractivity contribution in [2.45, 2.75) is 13.0 Å². The van der Waals surface area contributed by atoms with Crippen LogP contribution in [0.5, 0.6) is 0 Å². The summed E-state index contributed by atoms with van der Waals surface area (Å²) in [5, 5.41) is 13.0. The third kappa shape index (κ3) is 4.51. The third-order valence-electron chi connectivity index (χ3n) is 1.15. The molecule has 0 heterocycles. The van der Waals surface area contributed by atoms with E-state index in [9.17, 15) is 9.59 Å². The number of urea groups is 1. The van der Waals surface area contributed by atoms with Gasteiger partial charge in [-0.25, -0.2) is 4.79 Å². The van der Waals surface area contributed by atoms with Crippen molar-refractivity contribution >= 4 is 12.0 Å². The van der Waals surface area contributed by atoms with Crippen molar-refractivity contribution in [3.8, 4) is 0 Å². The number of aliphatic carboxylic acids is 1. The number of carboxylic acids is 1. The number of nitrogens with one attached hydrogen (secondary N) is 2. The second-order valence-electron chi connectivity index (χ2n) is 2.25. The first-order valence-electron chi connectivity index (χ1n) is 3.55. The SMILES string of the molecule is CC(NC(=O)NCCN)C(=O)O. The van der Waals surface area contributed by atoms with E-state index < -0.39 is 18.0 Å². The van der Waals surface area contributed by atoms with Gasteiger partial charge < -0.3 is 21.5 Å². The predicted molar refractivity (Wildman–Crippen MR) is 42.7 cm³/mol. The largest absolute Gasteiger partial charge is 0.480 e. The third-order valence-corrected chi connectivity index (χ3v) is 1.15. The van der Waals surface area contributed by atoms with Crippen LogP contribution in [-0.2, 0) is 4.79 Å². The summed E-state index contributed by atoms with van der Waals surface area (Å²) in [5.41, 5.74) is 5.11. The molecule has 0 spiro atoms. The van der Waals surface area contributed by atoms with Crippen LogP contribution >= 0.6 is 0 Å². The summed E-state index contributed by atoms with van der Waals surface area (Å²) in [5.74, 6) is -1.07.